The summed E-state index contributed by atoms with van der Waals surface area (Å²) in [6.07, 6.45) is 1.19. The minimum absolute atomic E-state index is 0.129. The van der Waals surface area contributed by atoms with Gasteiger partial charge in [-0.3, -0.25) is 4.79 Å². The number of esters is 1. The van der Waals surface area contributed by atoms with E-state index < -0.39 is 11.5 Å². The van der Waals surface area contributed by atoms with Crippen LogP contribution in [0.5, 0.6) is 0 Å². The molecule has 0 atom stereocenters. The number of methoxy groups -OCH3 is 1. The van der Waals surface area contributed by atoms with Crippen molar-refractivity contribution >= 4 is 17.6 Å². The molecule has 5 nitrogen and oxygen atoms in total. The summed E-state index contributed by atoms with van der Waals surface area (Å²) in [4.78, 5) is 29.4. The fourth-order valence-electron chi connectivity index (χ4n) is 1.40. The Morgan fingerprint density at radius 2 is 2.00 bits per heavy atom. The van der Waals surface area contributed by atoms with E-state index in [0.29, 0.717) is 16.4 Å². The lowest BCUT2D eigenvalue weighted by Gasteiger charge is -2.02. The first-order valence-corrected chi connectivity index (χ1v) is 5.43. The number of H-pyrrole nitrogens is 1. The van der Waals surface area contributed by atoms with Gasteiger partial charge in [0.25, 0.3) is 5.56 Å². The van der Waals surface area contributed by atoms with Crippen molar-refractivity contribution in [1.82, 2.24) is 9.97 Å². The second-order valence-corrected chi connectivity index (χ2v) is 3.91. The van der Waals surface area contributed by atoms with Crippen LogP contribution in [0.25, 0.3) is 11.4 Å². The predicted octanol–water partition coefficient (Wildman–Crippen LogP) is 1.88. The Kier molecular flexibility index (Phi) is 3.43. The van der Waals surface area contributed by atoms with E-state index in [1.807, 2.05) is 0 Å². The molecule has 0 bridgehead atoms. The molecule has 0 aliphatic heterocycles. The molecule has 0 unspecified atom stereocenters. The van der Waals surface area contributed by atoms with Gasteiger partial charge in [0, 0.05) is 16.8 Å². The number of ether oxygens (including phenoxy) is 1. The Hall–Kier alpha value is -2.14. The molecular weight excluding hydrogens is 256 g/mol. The monoisotopic (exact) mass is 264 g/mol. The molecule has 0 aliphatic rings. The van der Waals surface area contributed by atoms with Gasteiger partial charge in [0.05, 0.1) is 7.11 Å². The summed E-state index contributed by atoms with van der Waals surface area (Å²) in [5.41, 5.74) is 0.0323. The van der Waals surface area contributed by atoms with Gasteiger partial charge in [0.1, 0.15) is 11.4 Å². The third-order valence-corrected chi connectivity index (χ3v) is 2.57. The van der Waals surface area contributed by atoms with E-state index in [9.17, 15) is 9.59 Å². The Balaban J connectivity index is 2.43. The first kappa shape index (κ1) is 12.3. The Labute approximate surface area is 107 Å². The van der Waals surface area contributed by atoms with Gasteiger partial charge in [-0.05, 0) is 24.3 Å². The maximum absolute atomic E-state index is 11.7. The lowest BCUT2D eigenvalue weighted by Crippen LogP contribution is -2.20. The highest BCUT2D eigenvalue weighted by atomic mass is 35.5. The molecule has 6 heteroatoms. The SMILES string of the molecule is COC(=O)c1cnc(-c2ccc(Cl)cc2)[nH]c1=O. The number of nitrogens with zero attached hydrogens (tertiary/aromatic N) is 1. The van der Waals surface area contributed by atoms with Crippen LogP contribution in [0, 0.1) is 0 Å². The van der Waals surface area contributed by atoms with E-state index in [-0.39, 0.29) is 5.56 Å². The lowest BCUT2D eigenvalue weighted by atomic mass is 10.2. The molecule has 2 aromatic rings. The van der Waals surface area contributed by atoms with Crippen LogP contribution in [0.4, 0.5) is 0 Å². The molecule has 0 radical (unpaired) electrons. The molecule has 1 heterocycles. The third-order valence-electron chi connectivity index (χ3n) is 2.32. The zero-order valence-corrected chi connectivity index (χ0v) is 10.2. The second-order valence-electron chi connectivity index (χ2n) is 3.47. The van der Waals surface area contributed by atoms with Crippen molar-refractivity contribution in [3.05, 3.63) is 51.4 Å². The van der Waals surface area contributed by atoms with Crippen molar-refractivity contribution < 1.29 is 9.53 Å². The molecule has 0 saturated heterocycles. The molecule has 92 valence electrons. The quantitative estimate of drug-likeness (QED) is 0.841. The summed E-state index contributed by atoms with van der Waals surface area (Å²) >= 11 is 5.76. The zero-order chi connectivity index (χ0) is 13.1. The lowest BCUT2D eigenvalue weighted by molar-refractivity contribution is 0.0598. The number of aromatic amines is 1. The number of hydrogen-bond acceptors (Lipinski definition) is 4. The normalized spacial score (nSPS) is 10.1. The molecule has 1 N–H and O–H groups in total. The van der Waals surface area contributed by atoms with E-state index in [1.165, 1.54) is 13.3 Å². The Morgan fingerprint density at radius 3 is 2.56 bits per heavy atom. The van der Waals surface area contributed by atoms with E-state index in [4.69, 9.17) is 11.6 Å². The highest BCUT2D eigenvalue weighted by Crippen LogP contribution is 2.16. The number of nitrogens with one attached hydrogen (secondary N) is 1. The predicted molar refractivity (Wildman–Crippen MR) is 66.6 cm³/mol. The number of halogens is 1. The van der Waals surface area contributed by atoms with Crippen LogP contribution < -0.4 is 5.56 Å². The molecule has 0 spiro atoms. The smallest absolute Gasteiger partial charge is 0.345 e. The second kappa shape index (κ2) is 5.01. The summed E-state index contributed by atoms with van der Waals surface area (Å²) in [6, 6.07) is 6.81. The Morgan fingerprint density at radius 1 is 1.33 bits per heavy atom. The van der Waals surface area contributed by atoms with Gasteiger partial charge in [0.2, 0.25) is 0 Å². The van der Waals surface area contributed by atoms with Crippen molar-refractivity contribution in [1.29, 1.82) is 0 Å². The van der Waals surface area contributed by atoms with Gasteiger partial charge in [-0.25, -0.2) is 9.78 Å². The van der Waals surface area contributed by atoms with E-state index in [1.54, 1.807) is 24.3 Å². The summed E-state index contributed by atoms with van der Waals surface area (Å²) in [7, 11) is 1.20. The van der Waals surface area contributed by atoms with Crippen LogP contribution in [0.2, 0.25) is 5.02 Å². The number of benzene rings is 1. The fraction of sp³-hybridized carbons (Fsp3) is 0.0833. The van der Waals surface area contributed by atoms with Crippen LogP contribution in [0.3, 0.4) is 0 Å². The maximum atomic E-state index is 11.7. The van der Waals surface area contributed by atoms with Gasteiger partial charge < -0.3 is 9.72 Å². The minimum atomic E-state index is -0.716. The Bertz CT molecular complexity index is 635. The van der Waals surface area contributed by atoms with E-state index >= 15 is 0 Å². The van der Waals surface area contributed by atoms with Gasteiger partial charge in [0.15, 0.2) is 0 Å². The summed E-state index contributed by atoms with van der Waals surface area (Å²) < 4.78 is 4.46. The number of rotatable bonds is 2. The molecular formula is C12H9ClN2O3. The third kappa shape index (κ3) is 2.41. The summed E-state index contributed by atoms with van der Waals surface area (Å²) in [5, 5.41) is 0.590. The molecule has 1 aromatic carbocycles. The molecule has 2 rings (SSSR count). The van der Waals surface area contributed by atoms with Crippen LogP contribution in [-0.2, 0) is 4.74 Å². The number of carbonyl (C=O) groups is 1. The van der Waals surface area contributed by atoms with Crippen molar-refractivity contribution in [2.24, 2.45) is 0 Å². The van der Waals surface area contributed by atoms with Crippen LogP contribution in [0.15, 0.2) is 35.3 Å². The number of aromatic nitrogens is 2. The summed E-state index contributed by atoms with van der Waals surface area (Å²) in [6.45, 7) is 0. The van der Waals surface area contributed by atoms with Crippen LogP contribution >= 0.6 is 11.6 Å². The van der Waals surface area contributed by atoms with E-state index in [0.717, 1.165) is 0 Å². The maximum Gasteiger partial charge on any atom is 0.345 e. The van der Waals surface area contributed by atoms with Gasteiger partial charge in [-0.2, -0.15) is 0 Å². The van der Waals surface area contributed by atoms with Crippen LogP contribution in [-0.4, -0.2) is 23.0 Å². The van der Waals surface area contributed by atoms with Crippen LogP contribution in [0.1, 0.15) is 10.4 Å². The van der Waals surface area contributed by atoms with Crippen molar-refractivity contribution in [3.8, 4) is 11.4 Å². The molecule has 0 saturated carbocycles. The minimum Gasteiger partial charge on any atom is -0.465 e. The highest BCUT2D eigenvalue weighted by molar-refractivity contribution is 6.30. The average Bonchev–Trinajstić information content (AvgIpc) is 2.38. The number of carbonyl (C=O) groups excluding carboxylic acids is 1. The first-order chi connectivity index (χ1) is 8.61. The molecule has 18 heavy (non-hydrogen) atoms. The fourth-order valence-corrected chi connectivity index (χ4v) is 1.53. The van der Waals surface area contributed by atoms with Gasteiger partial charge >= 0.3 is 5.97 Å². The molecule has 0 aliphatic carbocycles. The van der Waals surface area contributed by atoms with Crippen molar-refractivity contribution in [2.45, 2.75) is 0 Å². The topological polar surface area (TPSA) is 72.0 Å². The standard InChI is InChI=1S/C12H9ClN2O3/c1-18-12(17)9-6-14-10(15-11(9)16)7-2-4-8(13)5-3-7/h2-6H,1H3,(H,14,15,16). The van der Waals surface area contributed by atoms with Gasteiger partial charge in [-0.15, -0.1) is 0 Å². The van der Waals surface area contributed by atoms with Crippen molar-refractivity contribution in [2.75, 3.05) is 7.11 Å². The average molecular weight is 265 g/mol. The van der Waals surface area contributed by atoms with Crippen molar-refractivity contribution in [3.63, 3.8) is 0 Å². The largest absolute Gasteiger partial charge is 0.465 e. The first-order valence-electron chi connectivity index (χ1n) is 5.05. The van der Waals surface area contributed by atoms with Gasteiger partial charge in [-0.1, -0.05) is 11.6 Å². The molecule has 0 amide bonds. The number of hydrogen-bond donors (Lipinski definition) is 1. The molecule has 1 aromatic heterocycles. The highest BCUT2D eigenvalue weighted by Gasteiger charge is 2.12. The zero-order valence-electron chi connectivity index (χ0n) is 9.44. The van der Waals surface area contributed by atoms with E-state index in [2.05, 4.69) is 14.7 Å². The summed E-state index contributed by atoms with van der Waals surface area (Å²) in [5.74, 6) is -0.351. The molecule has 0 fully saturated rings.